The van der Waals surface area contributed by atoms with Gasteiger partial charge in [-0.3, -0.25) is 0 Å². The second-order valence-electron chi connectivity index (χ2n) is 6.61. The molecule has 2 aromatic carbocycles. The number of nitrogens with one attached hydrogen (secondary N) is 1. The van der Waals surface area contributed by atoms with Gasteiger partial charge in [-0.05, 0) is 30.3 Å². The van der Waals surface area contributed by atoms with Gasteiger partial charge in [-0.2, -0.15) is 4.31 Å². The monoisotopic (exact) mass is 463 g/mol. The van der Waals surface area contributed by atoms with E-state index in [1.54, 1.807) is 6.07 Å². The van der Waals surface area contributed by atoms with Gasteiger partial charge in [0, 0.05) is 6.42 Å². The van der Waals surface area contributed by atoms with Crippen LogP contribution in [0.3, 0.4) is 0 Å². The summed E-state index contributed by atoms with van der Waals surface area (Å²) in [6, 6.07) is 11.8. The maximum absolute atomic E-state index is 12.8. The Labute approximate surface area is 180 Å². The predicted octanol–water partition coefficient (Wildman–Crippen LogP) is 3.01. The van der Waals surface area contributed by atoms with E-state index in [9.17, 15) is 8.42 Å². The molecule has 0 aliphatic carbocycles. The van der Waals surface area contributed by atoms with Crippen molar-refractivity contribution in [3.63, 3.8) is 0 Å². The van der Waals surface area contributed by atoms with Gasteiger partial charge in [-0.15, -0.1) is 0 Å². The lowest BCUT2D eigenvalue weighted by atomic mass is 10.3. The maximum atomic E-state index is 12.8. The summed E-state index contributed by atoms with van der Waals surface area (Å²) in [7, 11) is -3.55. The molecule has 5 nitrogen and oxygen atoms in total. The molecule has 1 saturated heterocycles. The number of quaternary nitrogens is 1. The summed E-state index contributed by atoms with van der Waals surface area (Å²) in [5.74, 6) is 0.691. The number of piperazine rings is 1. The number of ether oxygens (including phenoxy) is 1. The number of benzene rings is 2. The number of rotatable bonds is 7. The van der Waals surface area contributed by atoms with Gasteiger partial charge >= 0.3 is 0 Å². The Kier molecular flexibility index (Phi) is 7.48. The highest BCUT2D eigenvalue weighted by Gasteiger charge is 2.30. The van der Waals surface area contributed by atoms with Crippen molar-refractivity contribution in [2.75, 3.05) is 39.3 Å². The average molecular weight is 465 g/mol. The zero-order valence-corrected chi connectivity index (χ0v) is 18.3. The first-order chi connectivity index (χ1) is 13.4. The van der Waals surface area contributed by atoms with Crippen molar-refractivity contribution >= 4 is 44.8 Å². The molecular weight excluding hydrogens is 443 g/mol. The molecule has 0 spiro atoms. The first-order valence-electron chi connectivity index (χ1n) is 9.04. The molecule has 1 fully saturated rings. The van der Waals surface area contributed by atoms with Gasteiger partial charge in [0.2, 0.25) is 10.0 Å². The number of hydrogen-bond donors (Lipinski definition) is 1. The largest absolute Gasteiger partial charge is 0.492 e. The zero-order chi connectivity index (χ0) is 20.1. The highest BCUT2D eigenvalue weighted by Crippen LogP contribution is 2.26. The van der Waals surface area contributed by atoms with Crippen molar-refractivity contribution in [1.29, 1.82) is 0 Å². The van der Waals surface area contributed by atoms with Crippen molar-refractivity contribution in [2.24, 2.45) is 0 Å². The molecule has 152 valence electrons. The Morgan fingerprint density at radius 2 is 1.68 bits per heavy atom. The fourth-order valence-corrected chi connectivity index (χ4v) is 5.17. The van der Waals surface area contributed by atoms with E-state index in [1.165, 1.54) is 27.4 Å². The zero-order valence-electron chi connectivity index (χ0n) is 15.2. The predicted molar refractivity (Wildman–Crippen MR) is 112 cm³/mol. The summed E-state index contributed by atoms with van der Waals surface area (Å²) in [6.07, 6.45) is 0.875. The van der Waals surface area contributed by atoms with Crippen LogP contribution in [0.2, 0.25) is 15.1 Å². The van der Waals surface area contributed by atoms with E-state index < -0.39 is 10.0 Å². The third-order valence-electron chi connectivity index (χ3n) is 4.73. The van der Waals surface area contributed by atoms with Gasteiger partial charge in [0.15, 0.2) is 0 Å². The van der Waals surface area contributed by atoms with Gasteiger partial charge in [0.1, 0.15) is 5.75 Å². The molecular formula is C19H22Cl3N2O3S+. The Hall–Kier alpha value is -1.02. The quantitative estimate of drug-likeness (QED) is 0.641. The summed E-state index contributed by atoms with van der Waals surface area (Å²) in [5.41, 5.74) is 0. The number of hydrogen-bond acceptors (Lipinski definition) is 3. The van der Waals surface area contributed by atoms with Crippen LogP contribution >= 0.6 is 34.8 Å². The smallest absolute Gasteiger partial charge is 0.243 e. The van der Waals surface area contributed by atoms with Crippen molar-refractivity contribution in [3.8, 4) is 5.75 Å². The molecule has 2 aromatic rings. The molecule has 3 rings (SSSR count). The van der Waals surface area contributed by atoms with E-state index in [0.717, 1.165) is 26.1 Å². The summed E-state index contributed by atoms with van der Waals surface area (Å²) in [6.45, 7) is 3.97. The standard InChI is InChI=1S/C19H21Cl3N2O3S/c20-16-7-6-15(14-18(16)22)28(25,26)24-11-9-23(10-12-24)8-3-13-27-19-5-2-1-4-17(19)21/h1-2,4-7,14H,3,8-13H2/p+1. The number of nitrogens with zero attached hydrogens (tertiary/aromatic N) is 1. The fraction of sp³-hybridized carbons (Fsp3) is 0.368. The van der Waals surface area contributed by atoms with E-state index in [-0.39, 0.29) is 9.92 Å². The number of para-hydroxylation sites is 1. The molecule has 1 aliphatic heterocycles. The first-order valence-corrected chi connectivity index (χ1v) is 11.6. The normalized spacial score (nSPS) is 16.2. The number of sulfonamides is 1. The summed E-state index contributed by atoms with van der Waals surface area (Å²) < 4.78 is 32.8. The van der Waals surface area contributed by atoms with Gasteiger partial charge in [0.05, 0.1) is 59.3 Å². The van der Waals surface area contributed by atoms with Crippen LogP contribution in [-0.2, 0) is 10.0 Å². The van der Waals surface area contributed by atoms with Crippen molar-refractivity contribution in [3.05, 3.63) is 57.5 Å². The summed E-state index contributed by atoms with van der Waals surface area (Å²) in [4.78, 5) is 1.54. The van der Waals surface area contributed by atoms with Crippen LogP contribution in [0, 0.1) is 0 Å². The molecule has 0 unspecified atom stereocenters. The molecule has 9 heteroatoms. The molecule has 0 atom stereocenters. The first kappa shape index (κ1) is 21.7. The third-order valence-corrected chi connectivity index (χ3v) is 7.67. The average Bonchev–Trinajstić information content (AvgIpc) is 2.69. The lowest BCUT2D eigenvalue weighted by molar-refractivity contribution is -0.903. The highest BCUT2D eigenvalue weighted by atomic mass is 35.5. The Balaban J connectivity index is 1.46. The topological polar surface area (TPSA) is 51.0 Å². The molecule has 1 N–H and O–H groups in total. The van der Waals surface area contributed by atoms with E-state index in [1.807, 2.05) is 18.2 Å². The van der Waals surface area contributed by atoms with Gasteiger partial charge in [-0.1, -0.05) is 46.9 Å². The second-order valence-corrected chi connectivity index (χ2v) is 9.77. The van der Waals surface area contributed by atoms with Crippen molar-refractivity contribution in [2.45, 2.75) is 11.3 Å². The molecule has 0 radical (unpaired) electrons. The van der Waals surface area contributed by atoms with E-state index >= 15 is 0 Å². The van der Waals surface area contributed by atoms with Crippen LogP contribution in [0.5, 0.6) is 5.75 Å². The minimum Gasteiger partial charge on any atom is -0.492 e. The lowest BCUT2D eigenvalue weighted by Crippen LogP contribution is -3.14. The van der Waals surface area contributed by atoms with Crippen LogP contribution < -0.4 is 9.64 Å². The Bertz CT molecular complexity index is 916. The molecule has 0 bridgehead atoms. The molecule has 1 heterocycles. The van der Waals surface area contributed by atoms with Crippen LogP contribution in [0.4, 0.5) is 0 Å². The van der Waals surface area contributed by atoms with Gasteiger partial charge < -0.3 is 9.64 Å². The highest BCUT2D eigenvalue weighted by molar-refractivity contribution is 7.89. The third kappa shape index (κ3) is 5.32. The SMILES string of the molecule is O=S(=O)(c1ccc(Cl)c(Cl)c1)N1CC[NH+](CCCOc2ccccc2Cl)CC1. The maximum Gasteiger partial charge on any atom is 0.243 e. The summed E-state index contributed by atoms with van der Waals surface area (Å²) in [5, 5.41) is 1.19. The molecule has 1 aliphatic rings. The molecule has 28 heavy (non-hydrogen) atoms. The van der Waals surface area contributed by atoms with Crippen LogP contribution in [-0.4, -0.2) is 52.1 Å². The van der Waals surface area contributed by atoms with Gasteiger partial charge in [-0.25, -0.2) is 8.42 Å². The van der Waals surface area contributed by atoms with E-state index in [4.69, 9.17) is 39.5 Å². The number of halogens is 3. The Morgan fingerprint density at radius 1 is 0.964 bits per heavy atom. The lowest BCUT2D eigenvalue weighted by Gasteiger charge is -2.31. The second kappa shape index (κ2) is 9.65. The molecule has 0 amide bonds. The van der Waals surface area contributed by atoms with Crippen molar-refractivity contribution < 1.29 is 18.1 Å². The fourth-order valence-electron chi connectivity index (χ4n) is 3.15. The van der Waals surface area contributed by atoms with Crippen molar-refractivity contribution in [1.82, 2.24) is 4.31 Å². The van der Waals surface area contributed by atoms with E-state index in [2.05, 4.69) is 0 Å². The van der Waals surface area contributed by atoms with Crippen LogP contribution in [0.25, 0.3) is 0 Å². The minimum absolute atomic E-state index is 0.179. The molecule has 0 saturated carbocycles. The van der Waals surface area contributed by atoms with Gasteiger partial charge in [0.25, 0.3) is 0 Å². The van der Waals surface area contributed by atoms with Crippen LogP contribution in [0.15, 0.2) is 47.4 Å². The van der Waals surface area contributed by atoms with Crippen LogP contribution in [0.1, 0.15) is 6.42 Å². The Morgan fingerprint density at radius 3 is 2.36 bits per heavy atom. The van der Waals surface area contributed by atoms with E-state index in [0.29, 0.717) is 35.5 Å². The molecule has 0 aromatic heterocycles. The minimum atomic E-state index is -3.55. The summed E-state index contributed by atoms with van der Waals surface area (Å²) >= 11 is 17.9.